The van der Waals surface area contributed by atoms with Gasteiger partial charge in [0.05, 0.1) is 6.10 Å². The van der Waals surface area contributed by atoms with Gasteiger partial charge in [-0.15, -0.1) is 0 Å². The molecule has 0 spiro atoms. The average molecular weight is 547 g/mol. The van der Waals surface area contributed by atoms with Crippen molar-refractivity contribution in [2.24, 2.45) is 0 Å². The third-order valence-corrected chi connectivity index (χ3v) is 6.92. The molecule has 1 aliphatic heterocycles. The summed E-state index contributed by atoms with van der Waals surface area (Å²) in [5, 5.41) is 12.8. The summed E-state index contributed by atoms with van der Waals surface area (Å²) >= 11 is 0. The van der Waals surface area contributed by atoms with Crippen LogP contribution in [0.25, 0.3) is 0 Å². The number of nitrogens with one attached hydrogen (secondary N) is 2. The lowest BCUT2D eigenvalue weighted by Gasteiger charge is -2.28. The number of aromatic nitrogens is 2. The summed E-state index contributed by atoms with van der Waals surface area (Å²) < 4.78 is 66.0. The lowest BCUT2D eigenvalue weighted by Crippen LogP contribution is -2.47. The molecule has 0 radical (unpaired) electrons. The molecule has 0 amide bonds. The van der Waals surface area contributed by atoms with Gasteiger partial charge in [-0.05, 0) is 39.8 Å². The summed E-state index contributed by atoms with van der Waals surface area (Å²) in [6, 6.07) is 7.22. The van der Waals surface area contributed by atoms with Gasteiger partial charge in [0.1, 0.15) is 18.4 Å². The number of aliphatic hydroxyl groups excluding tert-OH is 1. The number of hydrogen-bond acceptors (Lipinski definition) is 9. The quantitative estimate of drug-likeness (QED) is 0.297. The van der Waals surface area contributed by atoms with E-state index in [1.165, 1.54) is 19.1 Å². The van der Waals surface area contributed by atoms with Crippen LogP contribution in [0.15, 0.2) is 52.2 Å². The molecule has 12 nitrogen and oxygen atoms in total. The number of benzene rings is 1. The number of aliphatic hydroxyl groups is 1. The Kier molecular flexibility index (Phi) is 8.40. The molecule has 3 rings (SSSR count). The fourth-order valence-corrected chi connectivity index (χ4v) is 4.99. The summed E-state index contributed by atoms with van der Waals surface area (Å²) in [6.07, 6.45) is -4.17. The van der Waals surface area contributed by atoms with E-state index in [9.17, 15) is 24.1 Å². The van der Waals surface area contributed by atoms with Crippen molar-refractivity contribution >= 4 is 13.7 Å². The Morgan fingerprint density at radius 2 is 1.89 bits per heavy atom. The van der Waals surface area contributed by atoms with Crippen LogP contribution in [0, 0.1) is 0 Å². The number of carbonyl (C=O) groups excluding carboxylic acids is 1. The number of alkyl halides is 2. The van der Waals surface area contributed by atoms with E-state index in [0.29, 0.717) is 4.57 Å². The Morgan fingerprint density at radius 3 is 2.49 bits per heavy atom. The minimum atomic E-state index is -4.59. The van der Waals surface area contributed by atoms with Crippen molar-refractivity contribution in [2.75, 3.05) is 6.61 Å². The zero-order chi connectivity index (χ0) is 27.6. The first-order chi connectivity index (χ1) is 17.2. The normalized spacial score (nSPS) is 28.0. The number of para-hydroxylation sites is 1. The number of hydrogen-bond donors (Lipinski definition) is 3. The molecule has 3 N–H and O–H groups in total. The van der Waals surface area contributed by atoms with E-state index in [4.69, 9.17) is 18.5 Å². The van der Waals surface area contributed by atoms with Crippen molar-refractivity contribution in [3.8, 4) is 5.75 Å². The second-order valence-corrected chi connectivity index (χ2v) is 10.5. The van der Waals surface area contributed by atoms with Crippen LogP contribution in [-0.2, 0) is 23.4 Å². The minimum absolute atomic E-state index is 0.0246. The minimum Gasteiger partial charge on any atom is -0.462 e. The highest BCUT2D eigenvalue weighted by atomic mass is 31.2. The van der Waals surface area contributed by atoms with Gasteiger partial charge in [-0.25, -0.2) is 18.1 Å². The van der Waals surface area contributed by atoms with Crippen molar-refractivity contribution in [3.05, 3.63) is 63.4 Å². The molecule has 2 unspecified atom stereocenters. The predicted octanol–water partition coefficient (Wildman–Crippen LogP) is 1.95. The molecule has 0 bridgehead atoms. The maximum absolute atomic E-state index is 15.8. The summed E-state index contributed by atoms with van der Waals surface area (Å²) in [7, 11) is -4.59. The molecule has 1 fully saturated rings. The van der Waals surface area contributed by atoms with Crippen LogP contribution in [0.4, 0.5) is 8.78 Å². The van der Waals surface area contributed by atoms with E-state index >= 15 is 8.78 Å². The SMILES string of the molecule is CC(C)OC(=O)[C@H](C)NP(=O)(OC[C@@]1(F)OC(n2ccc(=O)[nH]c2=O)[C@](C)(F)[C@@H]1O)Oc1ccccc1. The molecule has 1 aliphatic rings. The summed E-state index contributed by atoms with van der Waals surface area (Å²) in [5.41, 5.74) is -4.80. The number of halogens is 2. The van der Waals surface area contributed by atoms with Crippen molar-refractivity contribution in [1.29, 1.82) is 0 Å². The monoisotopic (exact) mass is 547 g/mol. The molecule has 2 heterocycles. The van der Waals surface area contributed by atoms with Gasteiger partial charge in [-0.2, -0.15) is 5.09 Å². The maximum atomic E-state index is 15.8. The molecular weight excluding hydrogens is 519 g/mol. The van der Waals surface area contributed by atoms with Gasteiger partial charge in [0, 0.05) is 12.3 Å². The third kappa shape index (κ3) is 6.51. The van der Waals surface area contributed by atoms with E-state index in [0.717, 1.165) is 19.2 Å². The number of H-pyrrole nitrogens is 1. The molecule has 0 aliphatic carbocycles. The van der Waals surface area contributed by atoms with Crippen LogP contribution < -0.4 is 20.9 Å². The van der Waals surface area contributed by atoms with Gasteiger partial charge >= 0.3 is 19.4 Å². The zero-order valence-corrected chi connectivity index (χ0v) is 21.3. The molecule has 15 heteroatoms. The third-order valence-electron chi connectivity index (χ3n) is 5.29. The summed E-state index contributed by atoms with van der Waals surface area (Å²) in [6.45, 7) is 3.95. The zero-order valence-electron chi connectivity index (χ0n) is 20.4. The summed E-state index contributed by atoms with van der Waals surface area (Å²) in [5.74, 6) is -4.11. The van der Waals surface area contributed by atoms with Gasteiger partial charge in [-0.3, -0.25) is 23.7 Å². The maximum Gasteiger partial charge on any atom is 0.459 e. The van der Waals surface area contributed by atoms with Crippen molar-refractivity contribution in [2.45, 2.75) is 63.7 Å². The first kappa shape index (κ1) is 28.7. The van der Waals surface area contributed by atoms with Crippen LogP contribution in [0.5, 0.6) is 5.75 Å². The Labute approximate surface area is 210 Å². The first-order valence-corrected chi connectivity index (χ1v) is 12.7. The van der Waals surface area contributed by atoms with Crippen molar-refractivity contribution in [3.63, 3.8) is 0 Å². The highest BCUT2D eigenvalue weighted by Gasteiger charge is 2.65. The number of rotatable bonds is 10. The van der Waals surface area contributed by atoms with E-state index in [-0.39, 0.29) is 5.75 Å². The molecular formula is C22H28F2N3O9P. The number of aromatic amines is 1. The number of carbonyl (C=O) groups is 1. The van der Waals surface area contributed by atoms with Gasteiger partial charge in [0.2, 0.25) is 0 Å². The molecule has 1 aromatic heterocycles. The molecule has 0 saturated carbocycles. The molecule has 2 aromatic rings. The van der Waals surface area contributed by atoms with E-state index in [1.807, 2.05) is 4.98 Å². The lowest BCUT2D eigenvalue weighted by atomic mass is 9.97. The van der Waals surface area contributed by atoms with E-state index in [1.54, 1.807) is 32.0 Å². The largest absolute Gasteiger partial charge is 0.462 e. The first-order valence-electron chi connectivity index (χ1n) is 11.2. The molecule has 1 aromatic carbocycles. The second kappa shape index (κ2) is 10.8. The van der Waals surface area contributed by atoms with Crippen LogP contribution in [0.3, 0.4) is 0 Å². The summed E-state index contributed by atoms with van der Waals surface area (Å²) in [4.78, 5) is 37.6. The second-order valence-electron chi connectivity index (χ2n) is 8.84. The van der Waals surface area contributed by atoms with Gasteiger partial charge < -0.3 is 19.1 Å². The molecule has 6 atom stereocenters. The van der Waals surface area contributed by atoms with Crippen LogP contribution in [0.2, 0.25) is 0 Å². The Bertz CT molecular complexity index is 1270. The highest BCUT2D eigenvalue weighted by molar-refractivity contribution is 7.52. The van der Waals surface area contributed by atoms with E-state index < -0.39 is 67.6 Å². The van der Waals surface area contributed by atoms with Crippen LogP contribution in [-0.4, -0.2) is 57.0 Å². The number of ether oxygens (including phenoxy) is 2. The van der Waals surface area contributed by atoms with Gasteiger partial charge in [0.15, 0.2) is 18.0 Å². The highest BCUT2D eigenvalue weighted by Crippen LogP contribution is 2.51. The van der Waals surface area contributed by atoms with Crippen LogP contribution in [0.1, 0.15) is 33.9 Å². The van der Waals surface area contributed by atoms with Crippen molar-refractivity contribution in [1.82, 2.24) is 14.6 Å². The molecule has 1 saturated heterocycles. The van der Waals surface area contributed by atoms with Gasteiger partial charge in [0.25, 0.3) is 11.4 Å². The molecule has 37 heavy (non-hydrogen) atoms. The predicted molar refractivity (Wildman–Crippen MR) is 125 cm³/mol. The van der Waals surface area contributed by atoms with Gasteiger partial charge in [-0.1, -0.05) is 18.2 Å². The standard InChI is InChI=1S/C22H28F2N3O9P/c1-13(2)34-17(29)14(3)26-37(32,36-15-8-6-5-7-9-15)33-12-22(24)18(30)21(4,23)19(35-22)27-11-10-16(28)25-20(27)31/h5-11,13-14,18-19,30H,12H2,1-4H3,(H,26,32)(H,25,28,31)/t14-,18-,19?,21+,22+,37?/m0/s1. The average Bonchev–Trinajstić information content (AvgIpc) is 2.98. The Morgan fingerprint density at radius 1 is 1.24 bits per heavy atom. The smallest absolute Gasteiger partial charge is 0.459 e. The lowest BCUT2D eigenvalue weighted by molar-refractivity contribution is -0.204. The fraction of sp³-hybridized carbons (Fsp3) is 0.500. The Hall–Kier alpha value is -2.90. The molecule has 204 valence electrons. The van der Waals surface area contributed by atoms with Crippen LogP contribution >= 0.6 is 7.75 Å². The van der Waals surface area contributed by atoms with Crippen molar-refractivity contribution < 1.29 is 41.8 Å². The van der Waals surface area contributed by atoms with E-state index in [2.05, 4.69) is 5.09 Å². The number of esters is 1. The number of nitrogens with zero attached hydrogens (tertiary/aromatic N) is 1. The topological polar surface area (TPSA) is 158 Å². The Balaban J connectivity index is 1.86. The fourth-order valence-electron chi connectivity index (χ4n) is 3.48.